The Morgan fingerprint density at radius 3 is 2.94 bits per heavy atom. The average molecular weight is 261 g/mol. The molecular weight excluding hydrogens is 242 g/mol. The van der Waals surface area contributed by atoms with Crippen molar-refractivity contribution < 1.29 is 0 Å². The molecular formula is C14H19N3S. The van der Waals surface area contributed by atoms with Crippen LogP contribution in [0.25, 0.3) is 0 Å². The molecule has 0 bridgehead atoms. The molecule has 0 aliphatic rings. The Morgan fingerprint density at radius 1 is 1.33 bits per heavy atom. The third-order valence-corrected chi connectivity index (χ3v) is 3.59. The van der Waals surface area contributed by atoms with Crippen LogP contribution in [0, 0.1) is 0 Å². The van der Waals surface area contributed by atoms with Crippen LogP contribution in [0.3, 0.4) is 0 Å². The highest BCUT2D eigenvalue weighted by molar-refractivity contribution is 7.09. The molecule has 2 aromatic heterocycles. The zero-order chi connectivity index (χ0) is 12.6. The standard InChI is InChI=1S/C14H19N3S/c1-2-5-16-13(10-14-17-7-8-18-14)9-12-4-3-6-15-11-12/h3-4,6-8,11,13,16H,2,5,9-10H2,1H3. The van der Waals surface area contributed by atoms with Crippen LogP contribution in [0.2, 0.25) is 0 Å². The molecule has 2 rings (SSSR count). The van der Waals surface area contributed by atoms with Crippen molar-refractivity contribution in [1.82, 2.24) is 15.3 Å². The van der Waals surface area contributed by atoms with E-state index in [-0.39, 0.29) is 0 Å². The van der Waals surface area contributed by atoms with Gasteiger partial charge in [0.1, 0.15) is 0 Å². The minimum Gasteiger partial charge on any atom is -0.313 e. The van der Waals surface area contributed by atoms with Gasteiger partial charge in [-0.2, -0.15) is 0 Å². The largest absolute Gasteiger partial charge is 0.313 e. The van der Waals surface area contributed by atoms with Crippen LogP contribution in [-0.2, 0) is 12.8 Å². The molecule has 0 aliphatic carbocycles. The van der Waals surface area contributed by atoms with Gasteiger partial charge in [-0.25, -0.2) is 4.98 Å². The van der Waals surface area contributed by atoms with Gasteiger partial charge in [0.15, 0.2) is 0 Å². The average Bonchev–Trinajstić information content (AvgIpc) is 2.90. The molecule has 0 aliphatic heterocycles. The monoisotopic (exact) mass is 261 g/mol. The Kier molecular flexibility index (Phi) is 5.30. The van der Waals surface area contributed by atoms with Crippen molar-refractivity contribution in [1.29, 1.82) is 0 Å². The van der Waals surface area contributed by atoms with Crippen LogP contribution in [0.4, 0.5) is 0 Å². The molecule has 1 atom stereocenters. The maximum absolute atomic E-state index is 4.37. The lowest BCUT2D eigenvalue weighted by molar-refractivity contribution is 0.503. The molecule has 2 heterocycles. The highest BCUT2D eigenvalue weighted by Crippen LogP contribution is 2.11. The second-order valence-electron chi connectivity index (χ2n) is 4.35. The van der Waals surface area contributed by atoms with E-state index in [1.807, 2.05) is 30.0 Å². The fraction of sp³-hybridized carbons (Fsp3) is 0.429. The second kappa shape index (κ2) is 7.24. The lowest BCUT2D eigenvalue weighted by atomic mass is 10.1. The Bertz CT molecular complexity index is 428. The van der Waals surface area contributed by atoms with Crippen molar-refractivity contribution in [3.05, 3.63) is 46.7 Å². The van der Waals surface area contributed by atoms with E-state index < -0.39 is 0 Å². The molecule has 0 spiro atoms. The van der Waals surface area contributed by atoms with Gasteiger partial charge in [-0.15, -0.1) is 11.3 Å². The van der Waals surface area contributed by atoms with Crippen LogP contribution in [0.15, 0.2) is 36.1 Å². The molecule has 4 heteroatoms. The molecule has 0 fully saturated rings. The number of hydrogen-bond donors (Lipinski definition) is 1. The van der Waals surface area contributed by atoms with Crippen molar-refractivity contribution >= 4 is 11.3 Å². The summed E-state index contributed by atoms with van der Waals surface area (Å²) < 4.78 is 0. The molecule has 2 aromatic rings. The summed E-state index contributed by atoms with van der Waals surface area (Å²) in [6, 6.07) is 4.57. The van der Waals surface area contributed by atoms with Crippen LogP contribution < -0.4 is 5.32 Å². The lowest BCUT2D eigenvalue weighted by Crippen LogP contribution is -2.33. The van der Waals surface area contributed by atoms with E-state index >= 15 is 0 Å². The fourth-order valence-electron chi connectivity index (χ4n) is 1.93. The van der Waals surface area contributed by atoms with Crippen LogP contribution in [-0.4, -0.2) is 22.6 Å². The summed E-state index contributed by atoms with van der Waals surface area (Å²) in [7, 11) is 0. The minimum absolute atomic E-state index is 0.445. The first-order valence-corrected chi connectivity index (χ1v) is 7.27. The number of nitrogens with one attached hydrogen (secondary N) is 1. The van der Waals surface area contributed by atoms with E-state index in [2.05, 4.69) is 28.3 Å². The second-order valence-corrected chi connectivity index (χ2v) is 5.33. The Hall–Kier alpha value is -1.26. The third kappa shape index (κ3) is 4.20. The molecule has 1 unspecified atom stereocenters. The van der Waals surface area contributed by atoms with Gasteiger partial charge < -0.3 is 5.32 Å². The molecule has 0 saturated carbocycles. The normalized spacial score (nSPS) is 12.5. The van der Waals surface area contributed by atoms with Gasteiger partial charge in [-0.1, -0.05) is 13.0 Å². The van der Waals surface area contributed by atoms with Crippen LogP contribution in [0.5, 0.6) is 0 Å². The Labute approximate surface area is 112 Å². The molecule has 0 radical (unpaired) electrons. The number of pyridine rings is 1. The minimum atomic E-state index is 0.445. The molecule has 1 N–H and O–H groups in total. The Morgan fingerprint density at radius 2 is 2.28 bits per heavy atom. The highest BCUT2D eigenvalue weighted by atomic mass is 32.1. The summed E-state index contributed by atoms with van der Waals surface area (Å²) in [6.07, 6.45) is 8.80. The number of aromatic nitrogens is 2. The first-order valence-electron chi connectivity index (χ1n) is 6.39. The van der Waals surface area contributed by atoms with Gasteiger partial charge >= 0.3 is 0 Å². The van der Waals surface area contributed by atoms with Gasteiger partial charge in [0.05, 0.1) is 5.01 Å². The van der Waals surface area contributed by atoms with Gasteiger partial charge in [-0.05, 0) is 31.0 Å². The van der Waals surface area contributed by atoms with Crippen molar-refractivity contribution in [3.8, 4) is 0 Å². The molecule has 0 amide bonds. The van der Waals surface area contributed by atoms with E-state index in [4.69, 9.17) is 0 Å². The summed E-state index contributed by atoms with van der Waals surface area (Å²) in [6.45, 7) is 3.24. The van der Waals surface area contributed by atoms with E-state index in [1.165, 1.54) is 10.6 Å². The van der Waals surface area contributed by atoms with Gasteiger partial charge in [0.2, 0.25) is 0 Å². The highest BCUT2D eigenvalue weighted by Gasteiger charge is 2.11. The summed E-state index contributed by atoms with van der Waals surface area (Å²) in [5.74, 6) is 0. The fourth-order valence-corrected chi connectivity index (χ4v) is 2.63. The van der Waals surface area contributed by atoms with Gasteiger partial charge in [0.25, 0.3) is 0 Å². The topological polar surface area (TPSA) is 37.8 Å². The molecule has 3 nitrogen and oxygen atoms in total. The van der Waals surface area contributed by atoms with Gasteiger partial charge in [-0.3, -0.25) is 4.98 Å². The summed E-state index contributed by atoms with van der Waals surface area (Å²) in [4.78, 5) is 8.54. The van der Waals surface area contributed by atoms with Crippen molar-refractivity contribution in [3.63, 3.8) is 0 Å². The quantitative estimate of drug-likeness (QED) is 0.832. The van der Waals surface area contributed by atoms with Crippen LogP contribution in [0.1, 0.15) is 23.9 Å². The van der Waals surface area contributed by atoms with Crippen LogP contribution >= 0.6 is 11.3 Å². The Balaban J connectivity index is 1.96. The van der Waals surface area contributed by atoms with Gasteiger partial charge in [0, 0.05) is 36.4 Å². The molecule has 96 valence electrons. The number of nitrogens with zero attached hydrogens (tertiary/aromatic N) is 2. The maximum Gasteiger partial charge on any atom is 0.0940 e. The number of thiazole rings is 1. The number of hydrogen-bond acceptors (Lipinski definition) is 4. The van der Waals surface area contributed by atoms with E-state index in [9.17, 15) is 0 Å². The third-order valence-electron chi connectivity index (χ3n) is 2.79. The van der Waals surface area contributed by atoms with E-state index in [1.54, 1.807) is 11.3 Å². The lowest BCUT2D eigenvalue weighted by Gasteiger charge is -2.17. The number of rotatable bonds is 7. The summed E-state index contributed by atoms with van der Waals surface area (Å²) in [5, 5.41) is 6.83. The smallest absolute Gasteiger partial charge is 0.0940 e. The molecule has 18 heavy (non-hydrogen) atoms. The predicted octanol–water partition coefficient (Wildman–Crippen LogP) is 2.69. The predicted molar refractivity (Wildman–Crippen MR) is 75.8 cm³/mol. The SMILES string of the molecule is CCCNC(Cc1cccnc1)Cc1nccs1. The van der Waals surface area contributed by atoms with Crippen molar-refractivity contribution in [2.45, 2.75) is 32.2 Å². The van der Waals surface area contributed by atoms with E-state index in [0.717, 1.165) is 25.8 Å². The van der Waals surface area contributed by atoms with Crippen molar-refractivity contribution in [2.24, 2.45) is 0 Å². The summed E-state index contributed by atoms with van der Waals surface area (Å²) >= 11 is 1.73. The summed E-state index contributed by atoms with van der Waals surface area (Å²) in [5.41, 5.74) is 1.28. The van der Waals surface area contributed by atoms with Crippen molar-refractivity contribution in [2.75, 3.05) is 6.54 Å². The van der Waals surface area contributed by atoms with E-state index in [0.29, 0.717) is 6.04 Å². The molecule has 0 aromatic carbocycles. The first-order chi connectivity index (χ1) is 8.88. The first kappa shape index (κ1) is 13.2. The molecule has 0 saturated heterocycles. The zero-order valence-corrected chi connectivity index (χ0v) is 11.5. The zero-order valence-electron chi connectivity index (χ0n) is 10.7. The maximum atomic E-state index is 4.37.